The molecule has 0 saturated carbocycles. The Labute approximate surface area is 189 Å². The Bertz CT molecular complexity index is 1070. The van der Waals surface area contributed by atoms with Gasteiger partial charge >= 0.3 is 0 Å². The van der Waals surface area contributed by atoms with E-state index in [1.807, 2.05) is 48.9 Å². The second kappa shape index (κ2) is 10.1. The van der Waals surface area contributed by atoms with Crippen LogP contribution in [0.2, 0.25) is 0 Å². The number of carbonyl (C=O) groups excluding carboxylic acids is 1. The van der Waals surface area contributed by atoms with Crippen molar-refractivity contribution in [3.63, 3.8) is 0 Å². The Kier molecular flexibility index (Phi) is 6.99. The Morgan fingerprint density at radius 1 is 1.22 bits per heavy atom. The van der Waals surface area contributed by atoms with Crippen LogP contribution in [-0.4, -0.2) is 58.7 Å². The number of para-hydroxylation sites is 1. The van der Waals surface area contributed by atoms with E-state index in [-0.39, 0.29) is 11.8 Å². The van der Waals surface area contributed by atoms with Crippen molar-refractivity contribution in [2.75, 3.05) is 37.7 Å². The zero-order chi connectivity index (χ0) is 22.5. The van der Waals surface area contributed by atoms with Gasteiger partial charge in [0, 0.05) is 32.8 Å². The number of nitrogens with zero attached hydrogens (tertiary/aromatic N) is 5. The van der Waals surface area contributed by atoms with Crippen molar-refractivity contribution < 1.29 is 9.53 Å². The molecule has 1 fully saturated rings. The lowest BCUT2D eigenvalue weighted by molar-refractivity contribution is -0.125. The van der Waals surface area contributed by atoms with Crippen LogP contribution in [0.4, 0.5) is 5.82 Å². The molecule has 1 aliphatic heterocycles. The van der Waals surface area contributed by atoms with E-state index < -0.39 is 0 Å². The highest BCUT2D eigenvalue weighted by atomic mass is 16.5. The Morgan fingerprint density at radius 3 is 2.81 bits per heavy atom. The van der Waals surface area contributed by atoms with Gasteiger partial charge in [0.25, 0.3) is 0 Å². The maximum Gasteiger partial charge on any atom is 0.224 e. The molecule has 0 radical (unpaired) electrons. The van der Waals surface area contributed by atoms with Gasteiger partial charge < -0.3 is 15.0 Å². The zero-order valence-corrected chi connectivity index (χ0v) is 19.2. The molecule has 4 rings (SSSR count). The standard InChI is InChI=1S/C24H32N6O2/c1-4-32-15-9-13-25-24(31)19-10-8-14-29(16-19)23-22-21(17(2)26-27-23)18(3)30(28-22)20-11-6-5-7-12-20/h5-7,11-12,19H,4,8-10,13-16H2,1-3H3,(H,25,31). The predicted octanol–water partition coefficient (Wildman–Crippen LogP) is 3.19. The fourth-order valence-corrected chi connectivity index (χ4v) is 4.40. The monoisotopic (exact) mass is 436 g/mol. The number of piperidine rings is 1. The van der Waals surface area contributed by atoms with Crippen LogP contribution in [0.25, 0.3) is 16.6 Å². The highest BCUT2D eigenvalue weighted by Gasteiger charge is 2.29. The number of hydrogen-bond donors (Lipinski definition) is 1. The van der Waals surface area contributed by atoms with Crippen molar-refractivity contribution in [2.45, 2.75) is 40.0 Å². The Balaban J connectivity index is 1.55. The van der Waals surface area contributed by atoms with Gasteiger partial charge in [0.1, 0.15) is 5.52 Å². The minimum absolute atomic E-state index is 0.0636. The average Bonchev–Trinajstić information content (AvgIpc) is 3.17. The summed E-state index contributed by atoms with van der Waals surface area (Å²) in [6.45, 7) is 9.51. The molecule has 0 spiro atoms. The van der Waals surface area contributed by atoms with Crippen LogP contribution in [0.15, 0.2) is 30.3 Å². The molecule has 2 aromatic heterocycles. The molecule has 1 atom stereocenters. The minimum Gasteiger partial charge on any atom is -0.382 e. The van der Waals surface area contributed by atoms with E-state index in [1.54, 1.807) is 0 Å². The highest BCUT2D eigenvalue weighted by molar-refractivity contribution is 5.92. The van der Waals surface area contributed by atoms with Crippen molar-refractivity contribution in [2.24, 2.45) is 5.92 Å². The maximum atomic E-state index is 12.7. The lowest BCUT2D eigenvalue weighted by Gasteiger charge is -2.32. The van der Waals surface area contributed by atoms with Crippen molar-refractivity contribution >= 4 is 22.6 Å². The number of benzene rings is 1. The molecule has 3 heterocycles. The summed E-state index contributed by atoms with van der Waals surface area (Å²) in [6.07, 6.45) is 2.65. The van der Waals surface area contributed by atoms with Crippen LogP contribution in [0.3, 0.4) is 0 Å². The molecule has 8 heteroatoms. The molecule has 1 aliphatic rings. The first-order valence-electron chi connectivity index (χ1n) is 11.5. The quantitative estimate of drug-likeness (QED) is 0.546. The number of aromatic nitrogens is 4. The fraction of sp³-hybridized carbons (Fsp3) is 0.500. The molecule has 170 valence electrons. The highest BCUT2D eigenvalue weighted by Crippen LogP contribution is 2.31. The van der Waals surface area contributed by atoms with Gasteiger partial charge in [0.05, 0.1) is 28.4 Å². The van der Waals surface area contributed by atoms with E-state index in [9.17, 15) is 4.79 Å². The minimum atomic E-state index is -0.0636. The first-order chi connectivity index (χ1) is 15.6. The third kappa shape index (κ3) is 4.60. The normalized spacial score (nSPS) is 16.5. The third-order valence-corrected chi connectivity index (χ3v) is 6.05. The Morgan fingerprint density at radius 2 is 2.03 bits per heavy atom. The summed E-state index contributed by atoms with van der Waals surface area (Å²) in [5.74, 6) is 0.803. The molecule has 8 nitrogen and oxygen atoms in total. The van der Waals surface area contributed by atoms with Crippen molar-refractivity contribution in [1.29, 1.82) is 0 Å². The van der Waals surface area contributed by atoms with Gasteiger partial charge in [-0.15, -0.1) is 5.10 Å². The topological polar surface area (TPSA) is 85.2 Å². The molecule has 0 bridgehead atoms. The molecule has 3 aromatic rings. The van der Waals surface area contributed by atoms with E-state index >= 15 is 0 Å². The van der Waals surface area contributed by atoms with Gasteiger partial charge in [0.2, 0.25) is 5.91 Å². The van der Waals surface area contributed by atoms with Crippen LogP contribution in [0, 0.1) is 19.8 Å². The van der Waals surface area contributed by atoms with E-state index in [2.05, 4.69) is 27.3 Å². The number of ether oxygens (including phenoxy) is 1. The molecule has 1 amide bonds. The van der Waals surface area contributed by atoms with Gasteiger partial charge in [-0.3, -0.25) is 4.79 Å². The summed E-state index contributed by atoms with van der Waals surface area (Å²) in [5.41, 5.74) is 3.76. The summed E-state index contributed by atoms with van der Waals surface area (Å²) in [5, 5.41) is 18.0. The summed E-state index contributed by atoms with van der Waals surface area (Å²) in [7, 11) is 0. The van der Waals surface area contributed by atoms with Crippen LogP contribution < -0.4 is 10.2 Å². The van der Waals surface area contributed by atoms with Crippen molar-refractivity contribution in [3.05, 3.63) is 41.7 Å². The van der Waals surface area contributed by atoms with Crippen LogP contribution >= 0.6 is 0 Å². The third-order valence-electron chi connectivity index (χ3n) is 6.05. The summed E-state index contributed by atoms with van der Waals surface area (Å²) < 4.78 is 7.30. The lowest BCUT2D eigenvalue weighted by Crippen LogP contribution is -2.43. The van der Waals surface area contributed by atoms with Crippen LogP contribution in [-0.2, 0) is 9.53 Å². The van der Waals surface area contributed by atoms with Crippen molar-refractivity contribution in [1.82, 2.24) is 25.3 Å². The van der Waals surface area contributed by atoms with Gasteiger partial charge in [-0.2, -0.15) is 10.2 Å². The van der Waals surface area contributed by atoms with Crippen LogP contribution in [0.5, 0.6) is 0 Å². The molecular weight excluding hydrogens is 404 g/mol. The van der Waals surface area contributed by atoms with Gasteiger partial charge in [-0.05, 0) is 52.2 Å². The first-order valence-corrected chi connectivity index (χ1v) is 11.5. The van der Waals surface area contributed by atoms with E-state index in [0.29, 0.717) is 26.3 Å². The largest absolute Gasteiger partial charge is 0.382 e. The van der Waals surface area contributed by atoms with Gasteiger partial charge in [0.15, 0.2) is 5.82 Å². The molecule has 1 unspecified atom stereocenters. The zero-order valence-electron chi connectivity index (χ0n) is 19.2. The number of hydrogen-bond acceptors (Lipinski definition) is 6. The predicted molar refractivity (Wildman–Crippen MR) is 125 cm³/mol. The summed E-state index contributed by atoms with van der Waals surface area (Å²) in [4.78, 5) is 14.9. The number of fused-ring (bicyclic) bond motifs is 1. The van der Waals surface area contributed by atoms with Gasteiger partial charge in [-0.25, -0.2) is 4.68 Å². The molecular formula is C24H32N6O2. The number of amides is 1. The summed E-state index contributed by atoms with van der Waals surface area (Å²) >= 11 is 0. The summed E-state index contributed by atoms with van der Waals surface area (Å²) in [6, 6.07) is 10.1. The molecule has 1 aromatic carbocycles. The van der Waals surface area contributed by atoms with Gasteiger partial charge in [-0.1, -0.05) is 18.2 Å². The van der Waals surface area contributed by atoms with Crippen LogP contribution in [0.1, 0.15) is 37.6 Å². The number of nitrogens with one attached hydrogen (secondary N) is 1. The Hall–Kier alpha value is -3.00. The first kappa shape index (κ1) is 22.2. The maximum absolute atomic E-state index is 12.7. The number of anilines is 1. The lowest BCUT2D eigenvalue weighted by atomic mass is 9.97. The number of rotatable bonds is 8. The molecule has 1 N–H and O–H groups in total. The smallest absolute Gasteiger partial charge is 0.224 e. The SMILES string of the molecule is CCOCCCNC(=O)C1CCCN(c2nnc(C)c3c(C)n(-c4ccccc4)nc23)C1. The fourth-order valence-electron chi connectivity index (χ4n) is 4.40. The molecule has 1 saturated heterocycles. The second-order valence-corrected chi connectivity index (χ2v) is 8.29. The van der Waals surface area contributed by atoms with E-state index in [1.165, 1.54) is 0 Å². The van der Waals surface area contributed by atoms with E-state index in [0.717, 1.165) is 59.6 Å². The number of carbonyl (C=O) groups is 1. The molecule has 32 heavy (non-hydrogen) atoms. The number of aryl methyl sites for hydroxylation is 2. The van der Waals surface area contributed by atoms with E-state index in [4.69, 9.17) is 9.84 Å². The second-order valence-electron chi connectivity index (χ2n) is 8.29. The average molecular weight is 437 g/mol. The molecule has 0 aliphatic carbocycles. The van der Waals surface area contributed by atoms with Crippen molar-refractivity contribution in [3.8, 4) is 5.69 Å².